The standard InChI is InChI=1S/C3H9N3S/c1-2(4)6-3(5)7/h2H,4H2,1H3,(H3,5,6,7). The van der Waals surface area contributed by atoms with Gasteiger partial charge in [-0.25, -0.2) is 0 Å². The molecule has 1 atom stereocenters. The largest absolute Gasteiger partial charge is 0.376 e. The Morgan fingerprint density at radius 1 is 1.86 bits per heavy atom. The van der Waals surface area contributed by atoms with Crippen LogP contribution in [0.5, 0.6) is 0 Å². The number of nitrogens with two attached hydrogens (primary N) is 2. The molecule has 0 saturated carbocycles. The van der Waals surface area contributed by atoms with E-state index in [1.54, 1.807) is 6.92 Å². The highest BCUT2D eigenvalue weighted by atomic mass is 32.1. The number of hydrogen-bond acceptors (Lipinski definition) is 2. The summed E-state index contributed by atoms with van der Waals surface area (Å²) in [5.41, 5.74) is 10.2. The molecule has 1 unspecified atom stereocenters. The lowest BCUT2D eigenvalue weighted by Gasteiger charge is -2.04. The van der Waals surface area contributed by atoms with Crippen LogP contribution < -0.4 is 16.8 Å². The molecule has 42 valence electrons. The van der Waals surface area contributed by atoms with Crippen LogP contribution in [0.4, 0.5) is 0 Å². The van der Waals surface area contributed by atoms with Gasteiger partial charge in [0.05, 0.1) is 6.17 Å². The normalized spacial score (nSPS) is 12.9. The zero-order valence-electron chi connectivity index (χ0n) is 4.14. The average Bonchev–Trinajstić information content (AvgIpc) is 1.27. The van der Waals surface area contributed by atoms with Crippen LogP contribution in [0.15, 0.2) is 0 Å². The summed E-state index contributed by atoms with van der Waals surface area (Å²) in [6, 6.07) is 0. The maximum Gasteiger partial charge on any atom is 0.164 e. The molecule has 0 fully saturated rings. The van der Waals surface area contributed by atoms with Crippen molar-refractivity contribution in [3.05, 3.63) is 0 Å². The molecule has 0 aromatic heterocycles. The van der Waals surface area contributed by atoms with Crippen LogP contribution in [0.1, 0.15) is 6.92 Å². The van der Waals surface area contributed by atoms with Crippen LogP contribution in [0.2, 0.25) is 0 Å². The molecule has 0 aromatic carbocycles. The number of nitrogens with one attached hydrogen (secondary N) is 1. The van der Waals surface area contributed by atoms with E-state index in [0.29, 0.717) is 0 Å². The van der Waals surface area contributed by atoms with Gasteiger partial charge in [0.1, 0.15) is 0 Å². The molecular weight excluding hydrogens is 110 g/mol. The molecule has 0 rings (SSSR count). The Morgan fingerprint density at radius 2 is 2.29 bits per heavy atom. The van der Waals surface area contributed by atoms with Gasteiger partial charge < -0.3 is 16.8 Å². The molecule has 0 amide bonds. The molecule has 0 aliphatic rings. The van der Waals surface area contributed by atoms with E-state index >= 15 is 0 Å². The Balaban J connectivity index is 3.13. The van der Waals surface area contributed by atoms with Crippen molar-refractivity contribution >= 4 is 17.3 Å². The first-order valence-corrected chi connectivity index (χ1v) is 2.35. The zero-order valence-corrected chi connectivity index (χ0v) is 4.96. The van der Waals surface area contributed by atoms with Gasteiger partial charge in [0.15, 0.2) is 5.11 Å². The predicted octanol–water partition coefficient (Wildman–Crippen LogP) is -0.876. The first-order chi connectivity index (χ1) is 3.13. The van der Waals surface area contributed by atoms with E-state index in [1.807, 2.05) is 0 Å². The van der Waals surface area contributed by atoms with E-state index in [2.05, 4.69) is 17.5 Å². The minimum absolute atomic E-state index is 0.141. The quantitative estimate of drug-likeness (QED) is 0.310. The van der Waals surface area contributed by atoms with Crippen molar-refractivity contribution in [3.8, 4) is 0 Å². The topological polar surface area (TPSA) is 64.1 Å². The van der Waals surface area contributed by atoms with E-state index in [4.69, 9.17) is 11.5 Å². The lowest BCUT2D eigenvalue weighted by atomic mass is 10.6. The Kier molecular flexibility index (Phi) is 2.62. The maximum absolute atomic E-state index is 5.21. The first-order valence-electron chi connectivity index (χ1n) is 1.94. The van der Waals surface area contributed by atoms with Crippen molar-refractivity contribution in [3.63, 3.8) is 0 Å². The van der Waals surface area contributed by atoms with E-state index in [9.17, 15) is 0 Å². The predicted molar refractivity (Wildman–Crippen MR) is 33.6 cm³/mol. The summed E-state index contributed by atoms with van der Waals surface area (Å²) >= 11 is 4.46. The molecule has 0 bridgehead atoms. The molecule has 0 saturated heterocycles. The van der Waals surface area contributed by atoms with Crippen LogP contribution in [0, 0.1) is 0 Å². The van der Waals surface area contributed by atoms with Crippen LogP contribution in [-0.4, -0.2) is 11.3 Å². The molecule has 0 radical (unpaired) electrons. The van der Waals surface area contributed by atoms with Crippen LogP contribution >= 0.6 is 12.2 Å². The molecule has 0 spiro atoms. The fraction of sp³-hybridized carbons (Fsp3) is 0.667. The highest BCUT2D eigenvalue weighted by molar-refractivity contribution is 7.80. The van der Waals surface area contributed by atoms with Crippen LogP contribution in [0.3, 0.4) is 0 Å². The average molecular weight is 119 g/mol. The number of hydrogen-bond donors (Lipinski definition) is 3. The molecule has 0 aromatic rings. The van der Waals surface area contributed by atoms with Gasteiger partial charge in [0.2, 0.25) is 0 Å². The lowest BCUT2D eigenvalue weighted by Crippen LogP contribution is -2.41. The lowest BCUT2D eigenvalue weighted by molar-refractivity contribution is 0.701. The summed E-state index contributed by atoms with van der Waals surface area (Å²) in [6.45, 7) is 1.76. The molecule has 0 aliphatic carbocycles. The zero-order chi connectivity index (χ0) is 5.86. The SMILES string of the molecule is CC(N)NC(N)=S. The Bertz CT molecular complexity index is 70.6. The Hall–Kier alpha value is -0.350. The molecule has 4 heteroatoms. The van der Waals surface area contributed by atoms with Crippen molar-refractivity contribution in [1.82, 2.24) is 5.32 Å². The van der Waals surface area contributed by atoms with Gasteiger partial charge in [-0.15, -0.1) is 0 Å². The third kappa shape index (κ3) is 5.65. The third-order valence-corrected chi connectivity index (χ3v) is 0.488. The van der Waals surface area contributed by atoms with Gasteiger partial charge in [-0.1, -0.05) is 0 Å². The number of thiocarbonyl (C=S) groups is 1. The minimum Gasteiger partial charge on any atom is -0.376 e. The second-order valence-corrected chi connectivity index (χ2v) is 1.74. The summed E-state index contributed by atoms with van der Waals surface area (Å²) in [4.78, 5) is 0. The maximum atomic E-state index is 5.21. The molecule has 7 heavy (non-hydrogen) atoms. The molecule has 5 N–H and O–H groups in total. The van der Waals surface area contributed by atoms with Crippen LogP contribution in [0.25, 0.3) is 0 Å². The highest BCUT2D eigenvalue weighted by Gasteiger charge is 1.88. The molecular formula is C3H9N3S. The van der Waals surface area contributed by atoms with Gasteiger partial charge in [-0.05, 0) is 19.1 Å². The van der Waals surface area contributed by atoms with E-state index in [0.717, 1.165) is 0 Å². The summed E-state index contributed by atoms with van der Waals surface area (Å²) in [6.07, 6.45) is -0.141. The highest BCUT2D eigenvalue weighted by Crippen LogP contribution is 1.62. The van der Waals surface area contributed by atoms with Gasteiger partial charge in [-0.3, -0.25) is 0 Å². The molecule has 0 aliphatic heterocycles. The van der Waals surface area contributed by atoms with Crippen LogP contribution in [-0.2, 0) is 0 Å². The second kappa shape index (κ2) is 2.76. The van der Waals surface area contributed by atoms with E-state index in [-0.39, 0.29) is 11.3 Å². The van der Waals surface area contributed by atoms with Gasteiger partial charge in [0, 0.05) is 0 Å². The van der Waals surface area contributed by atoms with Crippen molar-refractivity contribution in [2.24, 2.45) is 11.5 Å². The monoisotopic (exact) mass is 119 g/mol. The van der Waals surface area contributed by atoms with Crippen molar-refractivity contribution in [2.45, 2.75) is 13.1 Å². The van der Waals surface area contributed by atoms with E-state index < -0.39 is 0 Å². The van der Waals surface area contributed by atoms with Crippen molar-refractivity contribution < 1.29 is 0 Å². The first kappa shape index (κ1) is 6.65. The Morgan fingerprint density at radius 3 is 2.29 bits per heavy atom. The van der Waals surface area contributed by atoms with E-state index in [1.165, 1.54) is 0 Å². The molecule has 3 nitrogen and oxygen atoms in total. The fourth-order valence-corrected chi connectivity index (χ4v) is 0.410. The summed E-state index contributed by atoms with van der Waals surface area (Å²) < 4.78 is 0. The minimum atomic E-state index is -0.141. The summed E-state index contributed by atoms with van der Waals surface area (Å²) in [5.74, 6) is 0. The summed E-state index contributed by atoms with van der Waals surface area (Å²) in [7, 11) is 0. The Labute approximate surface area is 48.1 Å². The fourth-order valence-electron chi connectivity index (χ4n) is 0.224. The third-order valence-electron chi connectivity index (χ3n) is 0.370. The van der Waals surface area contributed by atoms with Gasteiger partial charge in [-0.2, -0.15) is 0 Å². The smallest absolute Gasteiger partial charge is 0.164 e. The van der Waals surface area contributed by atoms with Crippen molar-refractivity contribution in [2.75, 3.05) is 0 Å². The van der Waals surface area contributed by atoms with Crippen molar-refractivity contribution in [1.29, 1.82) is 0 Å². The van der Waals surface area contributed by atoms with Gasteiger partial charge >= 0.3 is 0 Å². The second-order valence-electron chi connectivity index (χ2n) is 1.30. The van der Waals surface area contributed by atoms with Gasteiger partial charge in [0.25, 0.3) is 0 Å². The molecule has 0 heterocycles. The number of rotatable bonds is 1. The summed E-state index contributed by atoms with van der Waals surface area (Å²) in [5, 5.41) is 2.84.